The molecule has 0 bridgehead atoms. The maximum atomic E-state index is 13.3. The fourth-order valence-corrected chi connectivity index (χ4v) is 19.3. The van der Waals surface area contributed by atoms with E-state index in [1.807, 2.05) is 0 Å². The molecule has 1 unspecified atom stereocenters. The molecule has 1 aliphatic heterocycles. The molecule has 10 heteroatoms. The SMILES string of the molecule is Cc1ccc2[c](c1)[Bi]([O]S(=O)c1ccccc1)[c]1cc(C(F)(F)F)ccc1S2(=O)=O. The van der Waals surface area contributed by atoms with Gasteiger partial charge in [0.05, 0.1) is 0 Å². The Morgan fingerprint density at radius 2 is 1.50 bits per heavy atom. The van der Waals surface area contributed by atoms with Crippen LogP contribution in [0.2, 0.25) is 0 Å². The Morgan fingerprint density at radius 3 is 2.13 bits per heavy atom. The van der Waals surface area contributed by atoms with E-state index in [1.165, 1.54) is 6.07 Å². The second-order valence-electron chi connectivity index (χ2n) is 6.57. The number of hydrogen-bond donors (Lipinski definition) is 0. The van der Waals surface area contributed by atoms with Crippen LogP contribution in [0, 0.1) is 6.92 Å². The molecule has 0 N–H and O–H groups in total. The number of benzene rings is 3. The van der Waals surface area contributed by atoms with Crippen molar-refractivity contribution in [2.24, 2.45) is 0 Å². The number of sulfone groups is 1. The van der Waals surface area contributed by atoms with E-state index >= 15 is 0 Å². The first kappa shape index (κ1) is 21.6. The van der Waals surface area contributed by atoms with Crippen LogP contribution in [0.3, 0.4) is 0 Å². The van der Waals surface area contributed by atoms with E-state index < -0.39 is 54.8 Å². The molecular formula is C20H14BiF3O4S2. The molecule has 0 saturated heterocycles. The van der Waals surface area contributed by atoms with Crippen LogP contribution in [0.5, 0.6) is 0 Å². The Bertz CT molecular complexity index is 1260. The summed E-state index contributed by atoms with van der Waals surface area (Å²) in [6.45, 7) is 1.75. The summed E-state index contributed by atoms with van der Waals surface area (Å²) in [5.41, 5.74) is -0.213. The van der Waals surface area contributed by atoms with Crippen molar-refractivity contribution in [2.75, 3.05) is 0 Å². The molecule has 0 radical (unpaired) electrons. The Hall–Kier alpha value is -1.61. The van der Waals surface area contributed by atoms with Gasteiger partial charge in [0.15, 0.2) is 0 Å². The van der Waals surface area contributed by atoms with Crippen molar-refractivity contribution in [1.29, 1.82) is 0 Å². The summed E-state index contributed by atoms with van der Waals surface area (Å²) in [5, 5.41) is 0. The molecule has 30 heavy (non-hydrogen) atoms. The molecule has 3 aromatic rings. The van der Waals surface area contributed by atoms with Crippen LogP contribution < -0.4 is 6.54 Å². The molecule has 1 atom stereocenters. The first-order valence-corrected chi connectivity index (χ1v) is 16.1. The summed E-state index contributed by atoms with van der Waals surface area (Å²) in [6.07, 6.45) is -4.64. The molecule has 4 rings (SSSR count). The molecule has 1 heterocycles. The van der Waals surface area contributed by atoms with E-state index in [9.17, 15) is 25.8 Å². The number of alkyl halides is 3. The number of aryl methyl sites for hydroxylation is 1. The Balaban J connectivity index is 1.93. The van der Waals surface area contributed by atoms with E-state index in [-0.39, 0.29) is 13.1 Å². The number of halogens is 3. The molecule has 0 spiro atoms. The zero-order valence-electron chi connectivity index (χ0n) is 15.4. The second-order valence-corrected chi connectivity index (χ2v) is 17.3. The van der Waals surface area contributed by atoms with Crippen LogP contribution in [0.15, 0.2) is 81.4 Å². The summed E-state index contributed by atoms with van der Waals surface area (Å²) in [4.78, 5) is 0.182. The molecular weight excluding hydrogens is 634 g/mol. The average molecular weight is 648 g/mol. The van der Waals surface area contributed by atoms with E-state index in [0.717, 1.165) is 23.8 Å². The van der Waals surface area contributed by atoms with Gasteiger partial charge in [0.25, 0.3) is 0 Å². The summed E-state index contributed by atoms with van der Waals surface area (Å²) in [5.74, 6) is 0. The van der Waals surface area contributed by atoms with Crippen molar-refractivity contribution in [3.05, 3.63) is 77.9 Å². The zero-order valence-corrected chi connectivity index (χ0v) is 20.5. The first-order chi connectivity index (χ1) is 14.1. The molecule has 3 aromatic carbocycles. The predicted molar refractivity (Wildman–Crippen MR) is 107 cm³/mol. The first-order valence-electron chi connectivity index (χ1n) is 8.61. The summed E-state index contributed by atoms with van der Waals surface area (Å²) in [6, 6.07) is 15.5. The van der Waals surface area contributed by atoms with E-state index in [1.54, 1.807) is 49.4 Å². The quantitative estimate of drug-likeness (QED) is 0.411. The summed E-state index contributed by atoms with van der Waals surface area (Å²) < 4.78 is 85.3. The number of rotatable bonds is 3. The van der Waals surface area contributed by atoms with E-state index in [2.05, 4.69) is 0 Å². The zero-order chi connectivity index (χ0) is 21.7. The van der Waals surface area contributed by atoms with Crippen LogP contribution in [-0.4, -0.2) is 34.8 Å². The normalized spacial score (nSPS) is 16.5. The standard InChI is InChI=1S/C14H9F3O2S.C6H6O2S.Bi/c1-10-2-6-12(7-3-10)20(18,19)13-8-4-11(5-9-13)14(15,16)17;7-9(8)6-4-2-1-3-5-6;/h2-6,8H,1H3;1-5H,(H,7,8);/q;;+1/p-1. The topological polar surface area (TPSA) is 60.4 Å². The average Bonchev–Trinajstić information content (AvgIpc) is 2.70. The van der Waals surface area contributed by atoms with Crippen LogP contribution in [0.4, 0.5) is 13.2 Å². The van der Waals surface area contributed by atoms with Crippen LogP contribution in [0.25, 0.3) is 0 Å². The second kappa shape index (κ2) is 7.82. The van der Waals surface area contributed by atoms with Gasteiger partial charge in [-0.05, 0) is 0 Å². The molecule has 4 nitrogen and oxygen atoms in total. The van der Waals surface area contributed by atoms with Crippen molar-refractivity contribution in [2.45, 2.75) is 27.8 Å². The van der Waals surface area contributed by atoms with Gasteiger partial charge in [-0.3, -0.25) is 0 Å². The molecule has 0 fully saturated rings. The van der Waals surface area contributed by atoms with Gasteiger partial charge in [-0.25, -0.2) is 0 Å². The van der Waals surface area contributed by atoms with E-state index in [0.29, 0.717) is 8.17 Å². The van der Waals surface area contributed by atoms with Gasteiger partial charge in [0.1, 0.15) is 0 Å². The molecule has 0 aromatic heterocycles. The van der Waals surface area contributed by atoms with Crippen molar-refractivity contribution < 1.29 is 28.1 Å². The summed E-state index contributed by atoms with van der Waals surface area (Å²) >= 11 is -5.81. The van der Waals surface area contributed by atoms with Gasteiger partial charge >= 0.3 is 183 Å². The van der Waals surface area contributed by atoms with Crippen molar-refractivity contribution in [1.82, 2.24) is 0 Å². The molecule has 1 aliphatic rings. The monoisotopic (exact) mass is 648 g/mol. The maximum absolute atomic E-state index is 13.3. The van der Waals surface area contributed by atoms with Gasteiger partial charge in [-0.2, -0.15) is 0 Å². The predicted octanol–water partition coefficient (Wildman–Crippen LogP) is 3.01. The fourth-order valence-electron chi connectivity index (χ4n) is 3.06. The fraction of sp³-hybridized carbons (Fsp3) is 0.100. The third-order valence-corrected chi connectivity index (χ3v) is 18.1. The van der Waals surface area contributed by atoms with Gasteiger partial charge in [-0.1, -0.05) is 0 Å². The van der Waals surface area contributed by atoms with Gasteiger partial charge < -0.3 is 0 Å². The number of fused-ring (bicyclic) bond motifs is 2. The van der Waals surface area contributed by atoms with E-state index in [4.69, 9.17) is 2.26 Å². The molecule has 0 saturated carbocycles. The third-order valence-electron chi connectivity index (χ3n) is 4.50. The Kier molecular flexibility index (Phi) is 5.64. The van der Waals surface area contributed by atoms with Crippen molar-refractivity contribution in [3.63, 3.8) is 0 Å². The number of hydrogen-bond acceptors (Lipinski definition) is 4. The van der Waals surface area contributed by atoms with Crippen LogP contribution in [0.1, 0.15) is 11.1 Å². The minimum atomic E-state index is -4.64. The molecule has 156 valence electrons. The van der Waals surface area contributed by atoms with Gasteiger partial charge in [0, 0.05) is 0 Å². The minimum absolute atomic E-state index is 0.0159. The Morgan fingerprint density at radius 1 is 0.900 bits per heavy atom. The summed E-state index contributed by atoms with van der Waals surface area (Å²) in [7, 11) is -4.01. The van der Waals surface area contributed by atoms with Crippen LogP contribution in [-0.2, 0) is 29.4 Å². The van der Waals surface area contributed by atoms with Crippen molar-refractivity contribution >= 4 is 49.7 Å². The van der Waals surface area contributed by atoms with Crippen LogP contribution >= 0.6 is 0 Å². The van der Waals surface area contributed by atoms with Gasteiger partial charge in [0.2, 0.25) is 0 Å². The van der Waals surface area contributed by atoms with Gasteiger partial charge in [-0.15, -0.1) is 0 Å². The molecule has 0 aliphatic carbocycles. The van der Waals surface area contributed by atoms with Crippen molar-refractivity contribution in [3.8, 4) is 0 Å². The third kappa shape index (κ3) is 3.86. The Labute approximate surface area is 182 Å². The molecule has 0 amide bonds.